The number of hydrogen-bond acceptors (Lipinski definition) is 4. The van der Waals surface area contributed by atoms with E-state index in [1.54, 1.807) is 12.1 Å². The van der Waals surface area contributed by atoms with E-state index in [1.807, 2.05) is 24.0 Å². The third-order valence-electron chi connectivity index (χ3n) is 4.71. The van der Waals surface area contributed by atoms with Crippen LogP contribution in [-0.4, -0.2) is 58.5 Å². The molecule has 30 heavy (non-hydrogen) atoms. The van der Waals surface area contributed by atoms with Gasteiger partial charge in [0.05, 0.1) is 12.2 Å². The Labute approximate surface area is 190 Å². The highest BCUT2D eigenvalue weighted by Crippen LogP contribution is 2.31. The van der Waals surface area contributed by atoms with E-state index < -0.39 is 11.9 Å². The molecule has 0 radical (unpaired) electrons. The zero-order valence-corrected chi connectivity index (χ0v) is 19.2. The van der Waals surface area contributed by atoms with Gasteiger partial charge in [-0.3, -0.25) is 4.68 Å². The molecule has 1 saturated heterocycles. The number of aromatic nitrogens is 2. The number of nitrogens with one attached hydrogen (secondary N) is 1. The molecule has 1 fully saturated rings. The lowest BCUT2D eigenvalue weighted by atomic mass is 10.2. The summed E-state index contributed by atoms with van der Waals surface area (Å²) >= 11 is 0. The largest absolute Gasteiger partial charge is 0.506 e. The van der Waals surface area contributed by atoms with Gasteiger partial charge in [-0.05, 0) is 19.1 Å². The van der Waals surface area contributed by atoms with Crippen LogP contribution in [0, 0.1) is 0 Å². The number of hydrogen-bond donors (Lipinski definition) is 2. The first-order chi connectivity index (χ1) is 13.8. The quantitative estimate of drug-likeness (QED) is 0.356. The number of alkyl halides is 3. The predicted octanol–water partition coefficient (Wildman–Crippen LogP) is 3.05. The van der Waals surface area contributed by atoms with E-state index in [2.05, 4.69) is 20.3 Å². The van der Waals surface area contributed by atoms with Gasteiger partial charge in [0.1, 0.15) is 5.75 Å². The second kappa shape index (κ2) is 10.2. The molecule has 3 rings (SSSR count). The number of piperazine rings is 1. The van der Waals surface area contributed by atoms with Crippen molar-refractivity contribution < 1.29 is 18.3 Å². The lowest BCUT2D eigenvalue weighted by Crippen LogP contribution is -2.52. The number of benzene rings is 1. The number of halogens is 4. The van der Waals surface area contributed by atoms with Crippen molar-refractivity contribution in [2.24, 2.45) is 12.0 Å². The van der Waals surface area contributed by atoms with E-state index in [1.165, 1.54) is 13.2 Å². The minimum atomic E-state index is -4.51. The Kier molecular flexibility index (Phi) is 8.21. The fraction of sp³-hybridized carbons (Fsp3) is 0.474. The SMILES string of the molecule is CCNC(=NCc1cn(C)nc1C(F)(F)F)N1CCN(c2ccccc2O)CC1.I. The maximum absolute atomic E-state index is 13.1. The number of guanidine groups is 1. The van der Waals surface area contributed by atoms with Crippen molar-refractivity contribution in [1.29, 1.82) is 0 Å². The lowest BCUT2D eigenvalue weighted by molar-refractivity contribution is -0.142. The maximum atomic E-state index is 13.1. The van der Waals surface area contributed by atoms with Crippen molar-refractivity contribution in [1.82, 2.24) is 20.0 Å². The third kappa shape index (κ3) is 5.70. The zero-order chi connectivity index (χ0) is 21.0. The Morgan fingerprint density at radius 3 is 2.47 bits per heavy atom. The van der Waals surface area contributed by atoms with Crippen LogP contribution in [0.5, 0.6) is 5.75 Å². The predicted molar refractivity (Wildman–Crippen MR) is 120 cm³/mol. The second-order valence-electron chi connectivity index (χ2n) is 6.81. The topological polar surface area (TPSA) is 68.9 Å². The average molecular weight is 538 g/mol. The molecule has 0 unspecified atom stereocenters. The normalized spacial score (nSPS) is 15.2. The number of aromatic hydroxyl groups is 1. The van der Waals surface area contributed by atoms with E-state index in [0.717, 1.165) is 10.4 Å². The van der Waals surface area contributed by atoms with E-state index in [4.69, 9.17) is 0 Å². The van der Waals surface area contributed by atoms with Gasteiger partial charge >= 0.3 is 6.18 Å². The van der Waals surface area contributed by atoms with Crippen LogP contribution in [0.2, 0.25) is 0 Å². The Bertz CT molecular complexity index is 862. The van der Waals surface area contributed by atoms with Crippen LogP contribution < -0.4 is 10.2 Å². The van der Waals surface area contributed by atoms with Crippen LogP contribution in [0.3, 0.4) is 0 Å². The summed E-state index contributed by atoms with van der Waals surface area (Å²) in [5, 5.41) is 16.7. The van der Waals surface area contributed by atoms with Gasteiger partial charge in [0.25, 0.3) is 0 Å². The first-order valence-electron chi connectivity index (χ1n) is 9.45. The molecule has 0 bridgehead atoms. The molecule has 2 N–H and O–H groups in total. The molecule has 0 aliphatic carbocycles. The summed E-state index contributed by atoms with van der Waals surface area (Å²) in [6.45, 7) is 5.03. The minimum absolute atomic E-state index is 0. The summed E-state index contributed by atoms with van der Waals surface area (Å²) < 4.78 is 40.6. The Morgan fingerprint density at radius 2 is 1.87 bits per heavy atom. The Balaban J connectivity index is 0.00000320. The summed E-state index contributed by atoms with van der Waals surface area (Å²) in [6.07, 6.45) is -3.15. The van der Waals surface area contributed by atoms with Gasteiger partial charge in [-0.2, -0.15) is 18.3 Å². The van der Waals surface area contributed by atoms with Crippen molar-refractivity contribution in [2.75, 3.05) is 37.6 Å². The molecule has 0 saturated carbocycles. The van der Waals surface area contributed by atoms with Crippen LogP contribution in [0.1, 0.15) is 18.2 Å². The van der Waals surface area contributed by atoms with E-state index in [9.17, 15) is 18.3 Å². The first kappa shape index (κ1) is 24.1. The molecule has 1 aromatic carbocycles. The first-order valence-corrected chi connectivity index (χ1v) is 9.45. The summed E-state index contributed by atoms with van der Waals surface area (Å²) in [5.41, 5.74) is -0.0773. The van der Waals surface area contributed by atoms with Gasteiger partial charge in [-0.15, -0.1) is 24.0 Å². The van der Waals surface area contributed by atoms with Crippen LogP contribution in [-0.2, 0) is 19.8 Å². The number of phenols is 1. The fourth-order valence-corrected chi connectivity index (χ4v) is 3.37. The molecule has 1 aromatic heterocycles. The highest BCUT2D eigenvalue weighted by Gasteiger charge is 2.36. The molecule has 1 aliphatic heterocycles. The Hall–Kier alpha value is -2.18. The summed E-state index contributed by atoms with van der Waals surface area (Å²) in [6, 6.07) is 7.17. The van der Waals surface area contributed by atoms with Gasteiger partial charge in [0.2, 0.25) is 0 Å². The van der Waals surface area contributed by atoms with E-state index in [0.29, 0.717) is 38.7 Å². The molecule has 11 heteroatoms. The Morgan fingerprint density at radius 1 is 1.20 bits per heavy atom. The highest BCUT2D eigenvalue weighted by atomic mass is 127. The van der Waals surface area contributed by atoms with Crippen LogP contribution in [0.15, 0.2) is 35.5 Å². The van der Waals surface area contributed by atoms with E-state index in [-0.39, 0.29) is 41.8 Å². The minimum Gasteiger partial charge on any atom is -0.506 e. The number of nitrogens with zero attached hydrogens (tertiary/aromatic N) is 5. The lowest BCUT2D eigenvalue weighted by Gasteiger charge is -2.37. The maximum Gasteiger partial charge on any atom is 0.435 e. The smallest absolute Gasteiger partial charge is 0.435 e. The number of anilines is 1. The molecule has 0 amide bonds. The molecule has 1 aliphatic rings. The van der Waals surface area contributed by atoms with Gasteiger partial charge in [0, 0.05) is 51.5 Å². The molecule has 2 aromatic rings. The number of para-hydroxylation sites is 2. The van der Waals surface area contributed by atoms with Crippen molar-refractivity contribution in [3.8, 4) is 5.75 Å². The van der Waals surface area contributed by atoms with Gasteiger partial charge < -0.3 is 20.2 Å². The second-order valence-corrected chi connectivity index (χ2v) is 6.81. The van der Waals surface area contributed by atoms with Gasteiger partial charge in [-0.1, -0.05) is 12.1 Å². The molecule has 0 spiro atoms. The molecular formula is C19H26F3IN6O. The summed E-state index contributed by atoms with van der Waals surface area (Å²) in [4.78, 5) is 8.52. The monoisotopic (exact) mass is 538 g/mol. The molecule has 0 atom stereocenters. The van der Waals surface area contributed by atoms with Crippen molar-refractivity contribution in [3.63, 3.8) is 0 Å². The summed E-state index contributed by atoms with van der Waals surface area (Å²) in [5.74, 6) is 0.805. The fourth-order valence-electron chi connectivity index (χ4n) is 3.37. The molecule has 2 heterocycles. The van der Waals surface area contributed by atoms with Crippen molar-refractivity contribution >= 4 is 35.6 Å². The van der Waals surface area contributed by atoms with Gasteiger partial charge in [0.15, 0.2) is 11.7 Å². The van der Waals surface area contributed by atoms with E-state index >= 15 is 0 Å². The number of aryl methyl sites for hydroxylation is 1. The van der Waals surface area contributed by atoms with Gasteiger partial charge in [-0.25, -0.2) is 4.99 Å². The van der Waals surface area contributed by atoms with Crippen LogP contribution >= 0.6 is 24.0 Å². The number of aliphatic imine (C=N–C) groups is 1. The molecule has 166 valence electrons. The average Bonchev–Trinajstić information content (AvgIpc) is 3.07. The number of rotatable bonds is 4. The van der Waals surface area contributed by atoms with Crippen molar-refractivity contribution in [3.05, 3.63) is 41.7 Å². The highest BCUT2D eigenvalue weighted by molar-refractivity contribution is 14.0. The zero-order valence-electron chi connectivity index (χ0n) is 16.9. The molecule has 7 nitrogen and oxygen atoms in total. The molecular weight excluding hydrogens is 512 g/mol. The third-order valence-corrected chi connectivity index (χ3v) is 4.71. The van der Waals surface area contributed by atoms with Crippen molar-refractivity contribution in [2.45, 2.75) is 19.6 Å². The standard InChI is InChI=1S/C19H25F3N6O.HI/c1-3-23-18(24-12-14-13-26(2)25-17(14)19(20,21)22)28-10-8-27(9-11-28)15-6-4-5-7-16(15)29;/h4-7,13,29H,3,8-12H2,1-2H3,(H,23,24);1H. The number of phenolic OH excluding ortho intramolecular Hbond substituents is 1. The van der Waals surface area contributed by atoms with Crippen LogP contribution in [0.4, 0.5) is 18.9 Å². The summed E-state index contributed by atoms with van der Waals surface area (Å²) in [7, 11) is 1.46. The van der Waals surface area contributed by atoms with Crippen LogP contribution in [0.25, 0.3) is 0 Å².